The number of nitrogens with zero attached hydrogens (tertiary/aromatic N) is 3. The molecular formula is C17H21FN4O. The monoisotopic (exact) mass is 316 g/mol. The summed E-state index contributed by atoms with van der Waals surface area (Å²) in [7, 11) is 0. The van der Waals surface area contributed by atoms with Crippen LogP contribution in [-0.4, -0.2) is 29.0 Å². The Kier molecular flexibility index (Phi) is 5.62. The number of anilines is 1. The minimum absolute atomic E-state index is 0.120. The van der Waals surface area contributed by atoms with Gasteiger partial charge < -0.3 is 10.2 Å². The molecule has 0 aliphatic carbocycles. The van der Waals surface area contributed by atoms with Gasteiger partial charge in [0, 0.05) is 30.9 Å². The molecule has 1 aromatic heterocycles. The second-order valence-electron chi connectivity index (χ2n) is 5.14. The number of nitrogens with one attached hydrogen (secondary N) is 1. The molecule has 23 heavy (non-hydrogen) atoms. The summed E-state index contributed by atoms with van der Waals surface area (Å²) in [5, 5.41) is 2.70. The minimum atomic E-state index is -0.341. The molecule has 5 nitrogen and oxygen atoms in total. The number of hydrogen-bond donors (Lipinski definition) is 1. The molecule has 122 valence electrons. The summed E-state index contributed by atoms with van der Waals surface area (Å²) in [5.74, 6) is -0.145. The smallest absolute Gasteiger partial charge is 0.270 e. The molecule has 0 aliphatic heterocycles. The van der Waals surface area contributed by atoms with Crippen molar-refractivity contribution in [1.29, 1.82) is 0 Å². The van der Waals surface area contributed by atoms with Crippen molar-refractivity contribution < 1.29 is 9.18 Å². The lowest BCUT2D eigenvalue weighted by molar-refractivity contribution is 0.0945. The van der Waals surface area contributed by atoms with E-state index in [9.17, 15) is 9.18 Å². The number of halogens is 1. The van der Waals surface area contributed by atoms with Crippen molar-refractivity contribution in [1.82, 2.24) is 15.3 Å². The quantitative estimate of drug-likeness (QED) is 0.890. The summed E-state index contributed by atoms with van der Waals surface area (Å²) in [6, 6.07) is 7.99. The van der Waals surface area contributed by atoms with Crippen molar-refractivity contribution in [2.75, 3.05) is 18.0 Å². The van der Waals surface area contributed by atoms with E-state index in [1.807, 2.05) is 25.7 Å². The lowest BCUT2D eigenvalue weighted by Crippen LogP contribution is -2.28. The van der Waals surface area contributed by atoms with E-state index >= 15 is 0 Å². The molecule has 0 bridgehead atoms. The fraction of sp³-hybridized carbons (Fsp3) is 0.353. The largest absolute Gasteiger partial charge is 0.347 e. The molecule has 0 fully saturated rings. The zero-order valence-electron chi connectivity index (χ0n) is 13.6. The standard InChI is InChI=1S/C17H21FN4O/c1-4-22(5-2)17-20-12(3)10-15(21-17)16(23)19-11-13-8-6-7-9-14(13)18/h6-10H,4-5,11H2,1-3H3,(H,19,23). The van der Waals surface area contributed by atoms with E-state index in [0.29, 0.717) is 11.5 Å². The van der Waals surface area contributed by atoms with Gasteiger partial charge in [0.25, 0.3) is 5.91 Å². The van der Waals surface area contributed by atoms with Gasteiger partial charge in [-0.25, -0.2) is 14.4 Å². The van der Waals surface area contributed by atoms with Crippen LogP contribution in [-0.2, 0) is 6.54 Å². The number of benzene rings is 1. The molecule has 0 unspecified atom stereocenters. The fourth-order valence-electron chi connectivity index (χ4n) is 2.22. The maximum absolute atomic E-state index is 13.6. The second kappa shape index (κ2) is 7.67. The first-order chi connectivity index (χ1) is 11.0. The Morgan fingerprint density at radius 1 is 1.22 bits per heavy atom. The second-order valence-corrected chi connectivity index (χ2v) is 5.14. The fourth-order valence-corrected chi connectivity index (χ4v) is 2.22. The Balaban J connectivity index is 2.14. The molecular weight excluding hydrogens is 295 g/mol. The van der Waals surface area contributed by atoms with Crippen LogP contribution in [0.2, 0.25) is 0 Å². The SMILES string of the molecule is CCN(CC)c1nc(C)cc(C(=O)NCc2ccccc2F)n1. The number of hydrogen-bond acceptors (Lipinski definition) is 4. The molecule has 2 rings (SSSR count). The summed E-state index contributed by atoms with van der Waals surface area (Å²) in [5.41, 5.74) is 1.45. The molecule has 0 atom stereocenters. The summed E-state index contributed by atoms with van der Waals surface area (Å²) in [4.78, 5) is 22.9. The van der Waals surface area contributed by atoms with Crippen molar-refractivity contribution in [2.45, 2.75) is 27.3 Å². The molecule has 1 N–H and O–H groups in total. The summed E-state index contributed by atoms with van der Waals surface area (Å²) in [6.45, 7) is 7.48. The van der Waals surface area contributed by atoms with Crippen LogP contribution in [0, 0.1) is 12.7 Å². The van der Waals surface area contributed by atoms with Crippen molar-refractivity contribution >= 4 is 11.9 Å². The molecule has 0 saturated carbocycles. The predicted molar refractivity (Wildman–Crippen MR) is 87.9 cm³/mol. The third-order valence-corrected chi connectivity index (χ3v) is 3.52. The van der Waals surface area contributed by atoms with E-state index in [1.165, 1.54) is 6.07 Å². The van der Waals surface area contributed by atoms with Gasteiger partial charge in [-0.15, -0.1) is 0 Å². The molecule has 1 aromatic carbocycles. The Morgan fingerprint density at radius 3 is 2.57 bits per heavy atom. The number of amides is 1. The number of carbonyl (C=O) groups is 1. The molecule has 0 radical (unpaired) electrons. The molecule has 0 spiro atoms. The Hall–Kier alpha value is -2.50. The van der Waals surface area contributed by atoms with Gasteiger partial charge in [0.1, 0.15) is 11.5 Å². The van der Waals surface area contributed by atoms with E-state index in [2.05, 4.69) is 15.3 Å². The van der Waals surface area contributed by atoms with Gasteiger partial charge in [-0.1, -0.05) is 18.2 Å². The van der Waals surface area contributed by atoms with Crippen LogP contribution in [0.3, 0.4) is 0 Å². The highest BCUT2D eigenvalue weighted by Gasteiger charge is 2.13. The molecule has 6 heteroatoms. The van der Waals surface area contributed by atoms with E-state index < -0.39 is 0 Å². The van der Waals surface area contributed by atoms with Gasteiger partial charge in [0.15, 0.2) is 0 Å². The highest BCUT2D eigenvalue weighted by Crippen LogP contribution is 2.11. The Bertz CT molecular complexity index is 686. The van der Waals surface area contributed by atoms with Crippen LogP contribution in [0.4, 0.5) is 10.3 Å². The van der Waals surface area contributed by atoms with Crippen LogP contribution < -0.4 is 10.2 Å². The summed E-state index contributed by atoms with van der Waals surface area (Å²) in [6.07, 6.45) is 0. The number of aryl methyl sites for hydroxylation is 1. The topological polar surface area (TPSA) is 58.1 Å². The van der Waals surface area contributed by atoms with E-state index in [1.54, 1.807) is 24.3 Å². The first kappa shape index (κ1) is 16.9. The van der Waals surface area contributed by atoms with Gasteiger partial charge in [-0.3, -0.25) is 4.79 Å². The van der Waals surface area contributed by atoms with Gasteiger partial charge in [0.05, 0.1) is 0 Å². The average molecular weight is 316 g/mol. The molecule has 1 heterocycles. The Morgan fingerprint density at radius 2 is 1.91 bits per heavy atom. The van der Waals surface area contributed by atoms with Crippen LogP contribution in [0.25, 0.3) is 0 Å². The highest BCUT2D eigenvalue weighted by molar-refractivity contribution is 5.92. The maximum atomic E-state index is 13.6. The van der Waals surface area contributed by atoms with Crippen molar-refractivity contribution in [3.8, 4) is 0 Å². The van der Waals surface area contributed by atoms with E-state index in [0.717, 1.165) is 18.8 Å². The van der Waals surface area contributed by atoms with Crippen LogP contribution >= 0.6 is 0 Å². The molecule has 1 amide bonds. The number of aromatic nitrogens is 2. The van der Waals surface area contributed by atoms with Crippen LogP contribution in [0.1, 0.15) is 35.6 Å². The normalized spacial score (nSPS) is 10.4. The van der Waals surface area contributed by atoms with E-state index in [4.69, 9.17) is 0 Å². The van der Waals surface area contributed by atoms with Crippen molar-refractivity contribution in [3.63, 3.8) is 0 Å². The molecule has 0 aliphatic rings. The zero-order valence-corrected chi connectivity index (χ0v) is 13.6. The van der Waals surface area contributed by atoms with Gasteiger partial charge >= 0.3 is 0 Å². The van der Waals surface area contributed by atoms with Crippen LogP contribution in [0.5, 0.6) is 0 Å². The van der Waals surface area contributed by atoms with E-state index in [-0.39, 0.29) is 24.0 Å². The summed E-state index contributed by atoms with van der Waals surface area (Å²) < 4.78 is 13.6. The van der Waals surface area contributed by atoms with Crippen molar-refractivity contribution in [3.05, 3.63) is 53.1 Å². The van der Waals surface area contributed by atoms with Crippen molar-refractivity contribution in [2.24, 2.45) is 0 Å². The zero-order chi connectivity index (χ0) is 16.8. The van der Waals surface area contributed by atoms with Gasteiger partial charge in [-0.2, -0.15) is 0 Å². The lowest BCUT2D eigenvalue weighted by Gasteiger charge is -2.19. The van der Waals surface area contributed by atoms with Gasteiger partial charge in [0.2, 0.25) is 5.95 Å². The molecule has 0 saturated heterocycles. The summed E-state index contributed by atoms with van der Waals surface area (Å²) >= 11 is 0. The Labute approximate surface area is 135 Å². The average Bonchev–Trinajstić information content (AvgIpc) is 2.54. The van der Waals surface area contributed by atoms with Gasteiger partial charge in [-0.05, 0) is 32.9 Å². The minimum Gasteiger partial charge on any atom is -0.347 e. The predicted octanol–water partition coefficient (Wildman–Crippen LogP) is 2.70. The lowest BCUT2D eigenvalue weighted by atomic mass is 10.2. The molecule has 2 aromatic rings. The third kappa shape index (κ3) is 4.25. The number of carbonyl (C=O) groups excluding carboxylic acids is 1. The maximum Gasteiger partial charge on any atom is 0.270 e. The van der Waals surface area contributed by atoms with Crippen LogP contribution in [0.15, 0.2) is 30.3 Å². The highest BCUT2D eigenvalue weighted by atomic mass is 19.1. The first-order valence-electron chi connectivity index (χ1n) is 7.67. The third-order valence-electron chi connectivity index (χ3n) is 3.52. The first-order valence-corrected chi connectivity index (χ1v) is 7.67. The number of rotatable bonds is 6.